The summed E-state index contributed by atoms with van der Waals surface area (Å²) in [6.45, 7) is 0. The van der Waals surface area contributed by atoms with Crippen LogP contribution in [-0.4, -0.2) is 86.6 Å². The second-order valence-corrected chi connectivity index (χ2v) is 1.34. The zero-order valence-electron chi connectivity index (χ0n) is 3.49. The maximum atomic E-state index is 8.55. The Labute approximate surface area is 111 Å². The van der Waals surface area contributed by atoms with Crippen LogP contribution in [0.15, 0.2) is 0 Å². The van der Waals surface area contributed by atoms with Gasteiger partial charge < -0.3 is 19.2 Å². The molecule has 0 aromatic rings. The summed E-state index contributed by atoms with van der Waals surface area (Å²) in [6, 6.07) is 0. The van der Waals surface area contributed by atoms with Crippen LogP contribution in [0.2, 0.25) is 0 Å². The molecular weight excluding hydrogens is 272 g/mol. The molecule has 0 unspecified atom stereocenters. The van der Waals surface area contributed by atoms with Crippen molar-refractivity contribution in [1.82, 2.24) is 0 Å². The van der Waals surface area contributed by atoms with Gasteiger partial charge in [0.1, 0.15) is 0 Å². The molecule has 32 valence electrons. The molecule has 0 bridgehead atoms. The van der Waals surface area contributed by atoms with Crippen LogP contribution < -0.4 is 14.7 Å². The van der Waals surface area contributed by atoms with Gasteiger partial charge in [-0.2, -0.15) is 7.82 Å². The van der Waals surface area contributed by atoms with Crippen LogP contribution >= 0.6 is 7.82 Å². The Kier molecular flexibility index (Phi) is 16.6. The molecule has 7 heavy (non-hydrogen) atoms. The molecule has 0 amide bonds. The SMILES string of the molecule is O=P([O-])([O-])[O-].[Ba+2].[Ca+2]. The molecule has 0 fully saturated rings. The molecule has 0 atom stereocenters. The molecule has 0 spiro atoms. The van der Waals surface area contributed by atoms with Gasteiger partial charge in [0.25, 0.3) is 0 Å². The van der Waals surface area contributed by atoms with E-state index in [0.29, 0.717) is 0 Å². The molecule has 0 aliphatic carbocycles. The fraction of sp³-hybridized carbons (Fsp3) is 0. The van der Waals surface area contributed by atoms with Crippen molar-refractivity contribution in [3.05, 3.63) is 0 Å². The third kappa shape index (κ3) is 49.8. The third-order valence-electron chi connectivity index (χ3n) is 0. The molecule has 0 heterocycles. The van der Waals surface area contributed by atoms with E-state index in [0.717, 1.165) is 0 Å². The normalized spacial score (nSPS) is 8.43. The first kappa shape index (κ1) is 16.5. The smallest absolute Gasteiger partial charge is 0.822 e. The largest absolute Gasteiger partial charge is 2.00 e. The van der Waals surface area contributed by atoms with E-state index in [1.165, 1.54) is 0 Å². The van der Waals surface area contributed by atoms with E-state index >= 15 is 0 Å². The molecular formula is BaCaO4P+. The standard InChI is InChI=1S/Ba.Ca.H3O4P/c;;1-5(2,3)4/h;;(H3,1,2,3,4)/q2*+2;/p-3. The quantitative estimate of drug-likeness (QED) is 0.337. The van der Waals surface area contributed by atoms with E-state index in [1.807, 2.05) is 0 Å². The van der Waals surface area contributed by atoms with Gasteiger partial charge in [-0.1, -0.05) is 0 Å². The Hall–Kier alpha value is 2.94. The molecule has 0 radical (unpaired) electrons. The van der Waals surface area contributed by atoms with E-state index in [2.05, 4.69) is 0 Å². The van der Waals surface area contributed by atoms with Gasteiger partial charge in [0.2, 0.25) is 0 Å². The summed E-state index contributed by atoms with van der Waals surface area (Å²) in [5, 5.41) is 0. The molecule has 7 heteroatoms. The Balaban J connectivity index is -0.0000000800. The van der Waals surface area contributed by atoms with Gasteiger partial charge in [0.15, 0.2) is 0 Å². The summed E-state index contributed by atoms with van der Waals surface area (Å²) in [4.78, 5) is 25.6. The molecule has 0 aromatic carbocycles. The summed E-state index contributed by atoms with van der Waals surface area (Å²) >= 11 is 0. The predicted molar refractivity (Wildman–Crippen MR) is 19.1 cm³/mol. The summed E-state index contributed by atoms with van der Waals surface area (Å²) in [6.07, 6.45) is 0. The first-order chi connectivity index (χ1) is 2.00. The molecule has 0 rings (SSSR count). The van der Waals surface area contributed by atoms with Gasteiger partial charge in [0, 0.05) is 0 Å². The Morgan fingerprint density at radius 1 is 1.14 bits per heavy atom. The molecule has 4 nitrogen and oxygen atoms in total. The summed E-state index contributed by atoms with van der Waals surface area (Å²) < 4.78 is 8.55. The Morgan fingerprint density at radius 3 is 1.14 bits per heavy atom. The second-order valence-electron chi connectivity index (χ2n) is 0.447. The zero-order chi connectivity index (χ0) is 4.50. The van der Waals surface area contributed by atoms with E-state index in [-0.39, 0.29) is 86.6 Å². The van der Waals surface area contributed by atoms with Gasteiger partial charge in [0.05, 0.1) is 0 Å². The van der Waals surface area contributed by atoms with Crippen molar-refractivity contribution in [2.75, 3.05) is 0 Å². The van der Waals surface area contributed by atoms with E-state index in [1.54, 1.807) is 0 Å². The van der Waals surface area contributed by atoms with Gasteiger partial charge >= 0.3 is 86.6 Å². The fourth-order valence-electron chi connectivity index (χ4n) is 0. The van der Waals surface area contributed by atoms with Crippen LogP contribution in [0.1, 0.15) is 0 Å². The van der Waals surface area contributed by atoms with Gasteiger partial charge in [-0.15, -0.1) is 0 Å². The molecule has 0 aliphatic heterocycles. The average Bonchev–Trinajstić information content (AvgIpc) is 0.722. The van der Waals surface area contributed by atoms with E-state index in [9.17, 15) is 0 Å². The topological polar surface area (TPSA) is 86.2 Å². The maximum Gasteiger partial charge on any atom is 2.00 e. The van der Waals surface area contributed by atoms with Crippen LogP contribution in [0.3, 0.4) is 0 Å². The van der Waals surface area contributed by atoms with Crippen molar-refractivity contribution in [1.29, 1.82) is 0 Å². The van der Waals surface area contributed by atoms with Gasteiger partial charge in [-0.3, -0.25) is 0 Å². The first-order valence-electron chi connectivity index (χ1n) is 0.730. The van der Waals surface area contributed by atoms with Crippen molar-refractivity contribution in [2.45, 2.75) is 0 Å². The maximum absolute atomic E-state index is 8.55. The minimum atomic E-state index is -5.39. The average molecular weight is 272 g/mol. The fourth-order valence-corrected chi connectivity index (χ4v) is 0. The number of phosphoric acid groups is 1. The van der Waals surface area contributed by atoms with Crippen LogP contribution in [0, 0.1) is 0 Å². The van der Waals surface area contributed by atoms with Gasteiger partial charge in [-0.25, -0.2) is 0 Å². The van der Waals surface area contributed by atoms with Crippen molar-refractivity contribution < 1.29 is 19.2 Å². The molecule has 0 aromatic heterocycles. The van der Waals surface area contributed by atoms with E-state index < -0.39 is 7.82 Å². The molecule has 0 aliphatic rings. The minimum absolute atomic E-state index is 0. The van der Waals surface area contributed by atoms with Crippen molar-refractivity contribution in [3.8, 4) is 0 Å². The van der Waals surface area contributed by atoms with Crippen LogP contribution in [0.5, 0.6) is 0 Å². The van der Waals surface area contributed by atoms with Gasteiger partial charge in [-0.05, 0) is 0 Å². The van der Waals surface area contributed by atoms with Crippen LogP contribution in [-0.2, 0) is 4.57 Å². The predicted octanol–water partition coefficient (Wildman–Crippen LogP) is -3.59. The van der Waals surface area contributed by atoms with Crippen LogP contribution in [0.4, 0.5) is 0 Å². The summed E-state index contributed by atoms with van der Waals surface area (Å²) in [5.41, 5.74) is 0. The van der Waals surface area contributed by atoms with Crippen molar-refractivity contribution in [2.24, 2.45) is 0 Å². The number of hydrogen-bond donors (Lipinski definition) is 0. The molecule has 0 saturated carbocycles. The van der Waals surface area contributed by atoms with Crippen molar-refractivity contribution in [3.63, 3.8) is 0 Å². The summed E-state index contributed by atoms with van der Waals surface area (Å²) in [5.74, 6) is 0. The Bertz CT molecular complexity index is 57.8. The second kappa shape index (κ2) is 7.05. The molecule has 0 N–H and O–H groups in total. The number of rotatable bonds is 0. The first-order valence-corrected chi connectivity index (χ1v) is 2.19. The van der Waals surface area contributed by atoms with Crippen molar-refractivity contribution >= 4 is 94.4 Å². The monoisotopic (exact) mass is 273 g/mol. The third-order valence-corrected chi connectivity index (χ3v) is 0. The van der Waals surface area contributed by atoms with E-state index in [4.69, 9.17) is 19.2 Å². The minimum Gasteiger partial charge on any atom is -0.822 e. The Morgan fingerprint density at radius 2 is 1.14 bits per heavy atom. The number of hydrogen-bond acceptors (Lipinski definition) is 4. The molecule has 0 saturated heterocycles. The van der Waals surface area contributed by atoms with Crippen LogP contribution in [0.25, 0.3) is 0 Å². The zero-order valence-corrected chi connectivity index (χ0v) is 11.0. The summed E-state index contributed by atoms with van der Waals surface area (Å²) in [7, 11) is -5.39.